The molecule has 4 rings (SSSR count). The summed E-state index contributed by atoms with van der Waals surface area (Å²) in [5.41, 5.74) is 5.27. The number of nitrogens with one attached hydrogen (secondary N) is 4. The quantitative estimate of drug-likeness (QED) is 0.149. The summed E-state index contributed by atoms with van der Waals surface area (Å²) in [6.45, 7) is 9.10. The second-order valence-electron chi connectivity index (χ2n) is 8.76. The summed E-state index contributed by atoms with van der Waals surface area (Å²) in [7, 11) is 1.75. The molecule has 2 aromatic carbocycles. The minimum absolute atomic E-state index is 0.265. The molecule has 9 nitrogen and oxygen atoms in total. The van der Waals surface area contributed by atoms with Gasteiger partial charge in [-0.15, -0.1) is 11.3 Å². The van der Waals surface area contributed by atoms with E-state index in [-0.39, 0.29) is 11.8 Å². The number of carbonyl (C=O) groups excluding carboxylic acids is 2. The Hall–Kier alpha value is -3.44. The third kappa shape index (κ3) is 6.90. The van der Waals surface area contributed by atoms with E-state index in [1.807, 2.05) is 24.3 Å². The van der Waals surface area contributed by atoms with Crippen LogP contribution in [0, 0.1) is 0 Å². The van der Waals surface area contributed by atoms with E-state index < -0.39 is 0 Å². The number of aromatic amines is 1. The highest BCUT2D eigenvalue weighted by Crippen LogP contribution is 2.29. The van der Waals surface area contributed by atoms with Gasteiger partial charge in [0.05, 0.1) is 16.0 Å². The molecule has 0 spiro atoms. The van der Waals surface area contributed by atoms with Crippen LogP contribution >= 0.6 is 22.9 Å². The summed E-state index contributed by atoms with van der Waals surface area (Å²) in [5.74, 6) is -0.150. The Kier molecular flexibility index (Phi) is 9.35. The molecule has 11 heteroatoms. The van der Waals surface area contributed by atoms with Gasteiger partial charge in [-0.3, -0.25) is 25.1 Å². The minimum Gasteiger partial charge on any atom is -0.311 e. The lowest BCUT2D eigenvalue weighted by atomic mass is 10.1. The molecule has 4 aromatic rings. The molecule has 0 aliphatic heterocycles. The number of benzene rings is 2. The number of halogens is 1. The van der Waals surface area contributed by atoms with Crippen molar-refractivity contribution in [2.45, 2.75) is 20.4 Å². The fourth-order valence-electron chi connectivity index (χ4n) is 3.92. The third-order valence-corrected chi connectivity index (χ3v) is 7.53. The number of hydrazine groups is 1. The zero-order chi connectivity index (χ0) is 27.1. The Morgan fingerprint density at radius 2 is 1.74 bits per heavy atom. The van der Waals surface area contributed by atoms with Gasteiger partial charge >= 0.3 is 0 Å². The number of nitrogens with zero attached hydrogens (tertiary/aromatic N) is 3. The lowest BCUT2D eigenvalue weighted by Crippen LogP contribution is -2.38. The van der Waals surface area contributed by atoms with Gasteiger partial charge in [0.1, 0.15) is 4.83 Å². The van der Waals surface area contributed by atoms with Gasteiger partial charge in [0, 0.05) is 37.3 Å². The van der Waals surface area contributed by atoms with Crippen LogP contribution in [-0.4, -0.2) is 60.1 Å². The van der Waals surface area contributed by atoms with Crippen molar-refractivity contribution in [1.29, 1.82) is 0 Å². The van der Waals surface area contributed by atoms with Crippen molar-refractivity contribution in [3.05, 3.63) is 75.6 Å². The van der Waals surface area contributed by atoms with E-state index in [0.717, 1.165) is 44.0 Å². The third-order valence-electron chi connectivity index (χ3n) is 6.24. The summed E-state index contributed by atoms with van der Waals surface area (Å²) in [6, 6.07) is 16.4. The van der Waals surface area contributed by atoms with Gasteiger partial charge in [-0.2, -0.15) is 5.10 Å². The molecule has 0 aliphatic rings. The van der Waals surface area contributed by atoms with Crippen molar-refractivity contribution in [3.63, 3.8) is 0 Å². The number of likely N-dealkylation sites (N-methyl/N-ethyl adjacent to an activating group) is 1. The number of rotatable bonds is 12. The molecule has 0 bridgehead atoms. The molecule has 0 saturated heterocycles. The highest BCUT2D eigenvalue weighted by Gasteiger charge is 2.18. The number of fused-ring (bicyclic) bond motifs is 1. The largest absolute Gasteiger partial charge is 0.311 e. The van der Waals surface area contributed by atoms with Gasteiger partial charge in [-0.05, 0) is 61.1 Å². The number of thiophene rings is 1. The molecule has 0 fully saturated rings. The average molecular weight is 554 g/mol. The Morgan fingerprint density at radius 3 is 2.42 bits per heavy atom. The molecule has 2 aromatic heterocycles. The van der Waals surface area contributed by atoms with Crippen LogP contribution in [0.5, 0.6) is 0 Å². The first kappa shape index (κ1) is 27.6. The Labute approximate surface area is 231 Å². The fourth-order valence-corrected chi connectivity index (χ4v) is 4.94. The monoisotopic (exact) mass is 553 g/mol. The maximum absolute atomic E-state index is 12.9. The average Bonchev–Trinajstić information content (AvgIpc) is 3.51. The summed E-state index contributed by atoms with van der Waals surface area (Å²) < 4.78 is 0. The molecule has 0 atom stereocenters. The van der Waals surface area contributed by atoms with Crippen LogP contribution < -0.4 is 21.1 Å². The standard InChI is InChI=1S/C27H32ClN7O2S/c1-4-35(5-2)15-14-29-17-18-6-8-19(9-7-18)25(36)30-24-22-16-23(38-27(22)32-31-24)26(37)33-34(3)21-12-10-20(28)11-13-21/h6-13,16,29H,4-5,14-15,17H2,1-3H3,(H,33,37)(H2,30,31,32,36). The van der Waals surface area contributed by atoms with Crippen molar-refractivity contribution in [2.75, 3.05) is 43.6 Å². The van der Waals surface area contributed by atoms with Crippen molar-refractivity contribution < 1.29 is 9.59 Å². The Morgan fingerprint density at radius 1 is 1.03 bits per heavy atom. The maximum atomic E-state index is 12.9. The first-order chi connectivity index (χ1) is 18.4. The summed E-state index contributed by atoms with van der Waals surface area (Å²) >= 11 is 7.21. The number of anilines is 2. The summed E-state index contributed by atoms with van der Waals surface area (Å²) in [6.07, 6.45) is 0. The zero-order valence-corrected chi connectivity index (χ0v) is 23.2. The first-order valence-electron chi connectivity index (χ1n) is 12.5. The van der Waals surface area contributed by atoms with Crippen molar-refractivity contribution in [3.8, 4) is 0 Å². The highest BCUT2D eigenvalue weighted by atomic mass is 35.5. The van der Waals surface area contributed by atoms with E-state index in [1.54, 1.807) is 42.4 Å². The number of hydrogen-bond acceptors (Lipinski definition) is 7. The number of amides is 2. The number of aromatic nitrogens is 2. The predicted octanol–water partition coefficient (Wildman–Crippen LogP) is 4.74. The molecule has 2 amide bonds. The van der Waals surface area contributed by atoms with E-state index >= 15 is 0 Å². The van der Waals surface area contributed by atoms with E-state index in [1.165, 1.54) is 11.3 Å². The number of hydrogen-bond donors (Lipinski definition) is 4. The second-order valence-corrected chi connectivity index (χ2v) is 10.2. The molecule has 0 unspecified atom stereocenters. The Balaban J connectivity index is 1.33. The summed E-state index contributed by atoms with van der Waals surface area (Å²) in [5, 5.41) is 16.3. The first-order valence-corrected chi connectivity index (χ1v) is 13.7. The lowest BCUT2D eigenvalue weighted by Gasteiger charge is -2.19. The molecule has 200 valence electrons. The van der Waals surface area contributed by atoms with E-state index in [9.17, 15) is 9.59 Å². The zero-order valence-electron chi connectivity index (χ0n) is 21.7. The van der Waals surface area contributed by atoms with Crippen molar-refractivity contribution >= 4 is 56.5 Å². The smallest absolute Gasteiger partial charge is 0.279 e. The molecular weight excluding hydrogens is 522 g/mol. The van der Waals surface area contributed by atoms with Crippen molar-refractivity contribution in [1.82, 2.24) is 25.8 Å². The van der Waals surface area contributed by atoms with Gasteiger partial charge in [0.15, 0.2) is 5.82 Å². The van der Waals surface area contributed by atoms with Crippen LogP contribution in [0.4, 0.5) is 11.5 Å². The van der Waals surface area contributed by atoms with Crippen molar-refractivity contribution in [2.24, 2.45) is 0 Å². The van der Waals surface area contributed by atoms with Crippen LogP contribution in [0.15, 0.2) is 54.6 Å². The normalized spacial score (nSPS) is 11.2. The number of H-pyrrole nitrogens is 1. The molecule has 38 heavy (non-hydrogen) atoms. The highest BCUT2D eigenvalue weighted by molar-refractivity contribution is 7.20. The van der Waals surface area contributed by atoms with Gasteiger partial charge in [0.2, 0.25) is 0 Å². The predicted molar refractivity (Wildman–Crippen MR) is 155 cm³/mol. The lowest BCUT2D eigenvalue weighted by molar-refractivity contribution is 0.0954. The minimum atomic E-state index is -0.268. The van der Waals surface area contributed by atoms with Crippen LogP contribution in [0.2, 0.25) is 5.02 Å². The number of carbonyl (C=O) groups is 2. The second kappa shape index (κ2) is 12.9. The molecule has 0 saturated carbocycles. The maximum Gasteiger partial charge on any atom is 0.279 e. The molecular formula is C27H32ClN7O2S. The van der Waals surface area contributed by atoms with E-state index in [0.29, 0.717) is 31.5 Å². The van der Waals surface area contributed by atoms with Gasteiger partial charge < -0.3 is 15.5 Å². The van der Waals surface area contributed by atoms with Gasteiger partial charge in [-0.25, -0.2) is 0 Å². The van der Waals surface area contributed by atoms with E-state index in [2.05, 4.69) is 45.0 Å². The molecule has 0 radical (unpaired) electrons. The van der Waals surface area contributed by atoms with Gasteiger partial charge in [0.25, 0.3) is 11.8 Å². The van der Waals surface area contributed by atoms with Crippen LogP contribution in [0.1, 0.15) is 39.4 Å². The van der Waals surface area contributed by atoms with Crippen LogP contribution in [-0.2, 0) is 6.54 Å². The Bertz CT molecular complexity index is 1360. The van der Waals surface area contributed by atoms with Crippen LogP contribution in [0.3, 0.4) is 0 Å². The van der Waals surface area contributed by atoms with Crippen LogP contribution in [0.25, 0.3) is 10.2 Å². The molecule has 2 heterocycles. The SMILES string of the molecule is CCN(CC)CCNCc1ccc(C(=O)Nc2n[nH]c3sc(C(=O)NN(C)c4ccc(Cl)cc4)cc23)cc1. The summed E-state index contributed by atoms with van der Waals surface area (Å²) in [4.78, 5) is 29.2. The topological polar surface area (TPSA) is 105 Å². The van der Waals surface area contributed by atoms with Gasteiger partial charge in [-0.1, -0.05) is 37.6 Å². The molecule has 4 N–H and O–H groups in total. The van der Waals surface area contributed by atoms with E-state index in [4.69, 9.17) is 11.6 Å². The molecule has 0 aliphatic carbocycles. The fraction of sp³-hybridized carbons (Fsp3) is 0.296.